The third-order valence-electron chi connectivity index (χ3n) is 4.61. The van der Waals surface area contributed by atoms with Gasteiger partial charge in [0.15, 0.2) is 5.82 Å². The van der Waals surface area contributed by atoms with E-state index >= 15 is 0 Å². The molecule has 3 aromatic rings. The molecule has 1 aliphatic carbocycles. The molecule has 0 aliphatic heterocycles. The highest BCUT2D eigenvalue weighted by Crippen LogP contribution is 2.23. The Bertz CT molecular complexity index is 879. The summed E-state index contributed by atoms with van der Waals surface area (Å²) in [7, 11) is 0. The zero-order valence-electron chi connectivity index (χ0n) is 13.7. The summed E-state index contributed by atoms with van der Waals surface area (Å²) in [6.07, 6.45) is 9.44. The number of halogens is 1. The van der Waals surface area contributed by atoms with Crippen LogP contribution in [0, 0.1) is 5.82 Å². The molecule has 1 fully saturated rings. The minimum absolute atomic E-state index is 0.168. The van der Waals surface area contributed by atoms with E-state index in [4.69, 9.17) is 0 Å². The van der Waals surface area contributed by atoms with Crippen molar-refractivity contribution in [1.29, 1.82) is 0 Å². The zero-order chi connectivity index (χ0) is 17.2. The lowest BCUT2D eigenvalue weighted by Gasteiger charge is -2.14. The fourth-order valence-corrected chi connectivity index (χ4v) is 3.36. The van der Waals surface area contributed by atoms with Gasteiger partial charge < -0.3 is 9.88 Å². The van der Waals surface area contributed by atoms with Gasteiger partial charge in [-0.25, -0.2) is 9.07 Å². The van der Waals surface area contributed by atoms with Crippen LogP contribution in [0.4, 0.5) is 4.39 Å². The van der Waals surface area contributed by atoms with Gasteiger partial charge >= 0.3 is 0 Å². The van der Waals surface area contributed by atoms with E-state index in [1.807, 2.05) is 24.5 Å². The number of aromatic nitrogens is 3. The summed E-state index contributed by atoms with van der Waals surface area (Å²) in [5.74, 6) is -0.0226. The molecular formula is C19H19FN4O. The number of nitrogens with zero attached hydrogens (tertiary/aromatic N) is 3. The summed E-state index contributed by atoms with van der Waals surface area (Å²) in [5.41, 5.74) is 0.748. The van der Waals surface area contributed by atoms with Crippen LogP contribution in [-0.4, -0.2) is 26.3 Å². The summed E-state index contributed by atoms with van der Waals surface area (Å²) in [5, 5.41) is 7.37. The Morgan fingerprint density at radius 1 is 1.12 bits per heavy atom. The van der Waals surface area contributed by atoms with E-state index in [0.717, 1.165) is 25.7 Å². The van der Waals surface area contributed by atoms with Gasteiger partial charge in [0.2, 0.25) is 0 Å². The molecule has 0 bridgehead atoms. The molecule has 1 N–H and O–H groups in total. The summed E-state index contributed by atoms with van der Waals surface area (Å²) in [4.78, 5) is 12.8. The van der Waals surface area contributed by atoms with Gasteiger partial charge in [-0.15, -0.1) is 0 Å². The molecule has 1 aliphatic rings. The molecule has 0 unspecified atom stereocenters. The van der Waals surface area contributed by atoms with Crippen molar-refractivity contribution in [3.05, 3.63) is 66.4 Å². The highest BCUT2D eigenvalue weighted by atomic mass is 19.1. The van der Waals surface area contributed by atoms with Crippen molar-refractivity contribution in [1.82, 2.24) is 19.7 Å². The molecule has 2 heterocycles. The molecule has 6 heteroatoms. The normalized spacial score (nSPS) is 14.8. The van der Waals surface area contributed by atoms with Gasteiger partial charge in [-0.1, -0.05) is 25.0 Å². The van der Waals surface area contributed by atoms with Gasteiger partial charge in [0.25, 0.3) is 5.91 Å². The minimum Gasteiger partial charge on any atom is -0.349 e. The number of carbonyl (C=O) groups is 1. The largest absolute Gasteiger partial charge is 0.349 e. The average Bonchev–Trinajstić information content (AvgIpc) is 3.36. The molecule has 128 valence electrons. The summed E-state index contributed by atoms with van der Waals surface area (Å²) >= 11 is 0. The van der Waals surface area contributed by atoms with E-state index in [-0.39, 0.29) is 17.8 Å². The molecule has 0 saturated heterocycles. The number of rotatable bonds is 4. The lowest BCUT2D eigenvalue weighted by molar-refractivity contribution is 0.0938. The quantitative estimate of drug-likeness (QED) is 0.792. The fourth-order valence-electron chi connectivity index (χ4n) is 3.36. The Kier molecular flexibility index (Phi) is 4.09. The van der Waals surface area contributed by atoms with E-state index in [2.05, 4.69) is 10.4 Å². The van der Waals surface area contributed by atoms with Crippen molar-refractivity contribution >= 4 is 5.91 Å². The summed E-state index contributed by atoms with van der Waals surface area (Å²) in [6.45, 7) is 0. The van der Waals surface area contributed by atoms with Crippen molar-refractivity contribution in [2.24, 2.45) is 0 Å². The van der Waals surface area contributed by atoms with Crippen molar-refractivity contribution in [2.45, 2.75) is 31.7 Å². The van der Waals surface area contributed by atoms with E-state index < -0.39 is 0 Å². The number of para-hydroxylation sites is 1. The third-order valence-corrected chi connectivity index (χ3v) is 4.61. The van der Waals surface area contributed by atoms with Crippen LogP contribution < -0.4 is 5.32 Å². The van der Waals surface area contributed by atoms with E-state index in [0.29, 0.717) is 17.1 Å². The molecule has 2 aromatic heterocycles. The van der Waals surface area contributed by atoms with Gasteiger partial charge in [-0.3, -0.25) is 4.79 Å². The first kappa shape index (κ1) is 15.6. The SMILES string of the molecule is O=C(NC1CCCC1)c1cnn(-c2ccccc2F)c1-n1cccc1. The zero-order valence-corrected chi connectivity index (χ0v) is 13.7. The lowest BCUT2D eigenvalue weighted by Crippen LogP contribution is -2.33. The van der Waals surface area contributed by atoms with E-state index in [9.17, 15) is 9.18 Å². The standard InChI is InChI=1S/C19H19FN4O/c20-16-9-3-4-10-17(16)24-19(23-11-5-6-12-23)15(13-21-24)18(25)22-14-7-1-2-8-14/h3-6,9-14H,1-2,7-8H2,(H,22,25). The first-order valence-corrected chi connectivity index (χ1v) is 8.51. The number of hydrogen-bond donors (Lipinski definition) is 1. The van der Waals surface area contributed by atoms with Crippen LogP contribution in [0.5, 0.6) is 0 Å². The van der Waals surface area contributed by atoms with Crippen LogP contribution in [0.15, 0.2) is 55.0 Å². The Labute approximate surface area is 145 Å². The van der Waals surface area contributed by atoms with Crippen molar-refractivity contribution in [3.63, 3.8) is 0 Å². The molecule has 1 aromatic carbocycles. The highest BCUT2D eigenvalue weighted by Gasteiger charge is 2.24. The molecule has 0 spiro atoms. The number of amides is 1. The fraction of sp³-hybridized carbons (Fsp3) is 0.263. The first-order valence-electron chi connectivity index (χ1n) is 8.51. The molecular weight excluding hydrogens is 319 g/mol. The molecule has 5 nitrogen and oxygen atoms in total. The summed E-state index contributed by atoms with van der Waals surface area (Å²) < 4.78 is 17.5. The molecule has 25 heavy (non-hydrogen) atoms. The predicted octanol–water partition coefficient (Wildman–Crippen LogP) is 3.47. The predicted molar refractivity (Wildman–Crippen MR) is 92.6 cm³/mol. The highest BCUT2D eigenvalue weighted by molar-refractivity contribution is 5.97. The number of hydrogen-bond acceptors (Lipinski definition) is 2. The second kappa shape index (κ2) is 6.55. The van der Waals surface area contributed by atoms with Crippen molar-refractivity contribution < 1.29 is 9.18 Å². The van der Waals surface area contributed by atoms with Gasteiger partial charge in [0.1, 0.15) is 17.1 Å². The number of carbonyl (C=O) groups excluding carboxylic acids is 1. The van der Waals surface area contributed by atoms with Gasteiger partial charge in [0, 0.05) is 18.4 Å². The first-order chi connectivity index (χ1) is 12.2. The Hall–Kier alpha value is -2.89. The number of nitrogens with one attached hydrogen (secondary N) is 1. The van der Waals surface area contributed by atoms with Gasteiger partial charge in [-0.05, 0) is 37.1 Å². The Morgan fingerprint density at radius 2 is 1.84 bits per heavy atom. The average molecular weight is 338 g/mol. The smallest absolute Gasteiger partial charge is 0.256 e. The van der Waals surface area contributed by atoms with E-state index in [1.54, 1.807) is 22.8 Å². The summed E-state index contributed by atoms with van der Waals surface area (Å²) in [6, 6.07) is 10.3. The van der Waals surface area contributed by atoms with Gasteiger partial charge in [0.05, 0.1) is 6.20 Å². The van der Waals surface area contributed by atoms with Crippen LogP contribution in [0.25, 0.3) is 11.5 Å². The van der Waals surface area contributed by atoms with Gasteiger partial charge in [-0.2, -0.15) is 5.10 Å². The van der Waals surface area contributed by atoms with Crippen molar-refractivity contribution in [3.8, 4) is 11.5 Å². The molecule has 1 amide bonds. The Morgan fingerprint density at radius 3 is 2.56 bits per heavy atom. The van der Waals surface area contributed by atoms with Crippen LogP contribution in [0.3, 0.4) is 0 Å². The van der Waals surface area contributed by atoms with Crippen LogP contribution in [0.1, 0.15) is 36.0 Å². The lowest BCUT2D eigenvalue weighted by atomic mass is 10.2. The second-order valence-corrected chi connectivity index (χ2v) is 6.29. The molecule has 0 atom stereocenters. The molecule has 4 rings (SSSR count). The monoisotopic (exact) mass is 338 g/mol. The maximum absolute atomic E-state index is 14.3. The maximum atomic E-state index is 14.3. The molecule has 1 saturated carbocycles. The number of benzene rings is 1. The topological polar surface area (TPSA) is 51.9 Å². The minimum atomic E-state index is -0.387. The molecule has 0 radical (unpaired) electrons. The van der Waals surface area contributed by atoms with Crippen LogP contribution >= 0.6 is 0 Å². The third kappa shape index (κ3) is 2.95. The second-order valence-electron chi connectivity index (χ2n) is 6.29. The maximum Gasteiger partial charge on any atom is 0.256 e. The van der Waals surface area contributed by atoms with E-state index in [1.165, 1.54) is 16.9 Å². The van der Waals surface area contributed by atoms with Crippen molar-refractivity contribution in [2.75, 3.05) is 0 Å². The van der Waals surface area contributed by atoms with Crippen LogP contribution in [-0.2, 0) is 0 Å². The Balaban J connectivity index is 1.77. The van der Waals surface area contributed by atoms with Crippen LogP contribution in [0.2, 0.25) is 0 Å².